The van der Waals surface area contributed by atoms with Gasteiger partial charge in [-0.2, -0.15) is 23.4 Å². The van der Waals surface area contributed by atoms with Crippen LogP contribution in [0.1, 0.15) is 35.8 Å². The van der Waals surface area contributed by atoms with Crippen LogP contribution in [0.15, 0.2) is 47.1 Å². The molecular formula is C20H16F3N5O. The van der Waals surface area contributed by atoms with Crippen LogP contribution in [0.4, 0.5) is 18.9 Å². The lowest BCUT2D eigenvalue weighted by atomic mass is 9.95. The highest BCUT2D eigenvalue weighted by Gasteiger charge is 2.32. The Bertz CT molecular complexity index is 1030. The molecule has 0 bridgehead atoms. The fourth-order valence-corrected chi connectivity index (χ4v) is 3.45. The van der Waals surface area contributed by atoms with E-state index in [1.807, 2.05) is 17.0 Å². The number of nitrogens with zero attached hydrogens (tertiary/aromatic N) is 5. The van der Waals surface area contributed by atoms with Gasteiger partial charge in [-0.1, -0.05) is 11.2 Å². The highest BCUT2D eigenvalue weighted by atomic mass is 19.4. The maximum absolute atomic E-state index is 12.9. The van der Waals surface area contributed by atoms with Crippen molar-refractivity contribution in [2.45, 2.75) is 24.9 Å². The maximum Gasteiger partial charge on any atom is 0.416 e. The number of alkyl halides is 3. The van der Waals surface area contributed by atoms with Gasteiger partial charge in [0.05, 0.1) is 16.8 Å². The van der Waals surface area contributed by atoms with Crippen LogP contribution in [0, 0.1) is 11.3 Å². The van der Waals surface area contributed by atoms with E-state index in [0.717, 1.165) is 12.1 Å². The van der Waals surface area contributed by atoms with Crippen molar-refractivity contribution in [3.8, 4) is 17.6 Å². The molecular weight excluding hydrogens is 383 g/mol. The number of piperidine rings is 1. The lowest BCUT2D eigenvalue weighted by Gasteiger charge is -2.32. The molecule has 1 fully saturated rings. The molecule has 0 spiro atoms. The molecule has 1 saturated heterocycles. The van der Waals surface area contributed by atoms with E-state index >= 15 is 0 Å². The van der Waals surface area contributed by atoms with E-state index in [1.165, 1.54) is 6.07 Å². The molecule has 0 unspecified atom stereocenters. The monoisotopic (exact) mass is 399 g/mol. The van der Waals surface area contributed by atoms with E-state index in [-0.39, 0.29) is 11.5 Å². The number of pyridine rings is 1. The zero-order chi connectivity index (χ0) is 20.4. The zero-order valence-corrected chi connectivity index (χ0v) is 15.2. The lowest BCUT2D eigenvalue weighted by molar-refractivity contribution is -0.137. The van der Waals surface area contributed by atoms with Crippen molar-refractivity contribution in [1.82, 2.24) is 15.1 Å². The highest BCUT2D eigenvalue weighted by Crippen LogP contribution is 2.35. The molecule has 0 radical (unpaired) electrons. The first kappa shape index (κ1) is 18.9. The van der Waals surface area contributed by atoms with Gasteiger partial charge < -0.3 is 9.42 Å². The molecule has 1 aliphatic heterocycles. The number of aromatic nitrogens is 3. The number of hydrogen-bond donors (Lipinski definition) is 0. The molecule has 3 heterocycles. The lowest BCUT2D eigenvalue weighted by Crippen LogP contribution is -2.33. The summed E-state index contributed by atoms with van der Waals surface area (Å²) in [6, 6.07) is 10.6. The first-order valence-corrected chi connectivity index (χ1v) is 9.07. The van der Waals surface area contributed by atoms with Gasteiger partial charge in [-0.05, 0) is 43.2 Å². The molecule has 1 aromatic carbocycles. The van der Waals surface area contributed by atoms with Gasteiger partial charge in [-0.25, -0.2) is 0 Å². The fraction of sp³-hybridized carbons (Fsp3) is 0.300. The summed E-state index contributed by atoms with van der Waals surface area (Å²) < 4.78 is 44.1. The van der Waals surface area contributed by atoms with Crippen molar-refractivity contribution in [1.29, 1.82) is 5.26 Å². The molecule has 0 saturated carbocycles. The molecule has 1 aliphatic rings. The third kappa shape index (κ3) is 3.92. The van der Waals surface area contributed by atoms with Crippen LogP contribution in [0.25, 0.3) is 11.5 Å². The topological polar surface area (TPSA) is 78.8 Å². The van der Waals surface area contributed by atoms with Gasteiger partial charge >= 0.3 is 6.18 Å². The number of halogens is 3. The number of benzene rings is 1. The number of nitriles is 1. The summed E-state index contributed by atoms with van der Waals surface area (Å²) >= 11 is 0. The normalized spacial score (nSPS) is 15.3. The van der Waals surface area contributed by atoms with Crippen molar-refractivity contribution in [2.75, 3.05) is 18.0 Å². The predicted molar refractivity (Wildman–Crippen MR) is 97.9 cm³/mol. The van der Waals surface area contributed by atoms with Gasteiger partial charge in [0, 0.05) is 25.2 Å². The van der Waals surface area contributed by atoms with Crippen molar-refractivity contribution >= 4 is 5.69 Å². The summed E-state index contributed by atoms with van der Waals surface area (Å²) in [5, 5.41) is 13.3. The van der Waals surface area contributed by atoms with Crippen LogP contribution >= 0.6 is 0 Å². The minimum Gasteiger partial charge on any atom is -0.370 e. The standard InChI is InChI=1S/C20H16F3N5O/c21-20(22,23)15-4-5-17(14(11-15)12-24)28-9-6-13(7-10-28)19-26-18(27-29-19)16-3-1-2-8-25-16/h1-5,8,11,13H,6-7,9-10H2. The average molecular weight is 399 g/mol. The Labute approximate surface area is 164 Å². The molecule has 6 nitrogen and oxygen atoms in total. The Morgan fingerprint density at radius 1 is 1.14 bits per heavy atom. The molecule has 9 heteroatoms. The minimum atomic E-state index is -4.47. The van der Waals surface area contributed by atoms with Gasteiger partial charge in [0.15, 0.2) is 0 Å². The summed E-state index contributed by atoms with van der Waals surface area (Å²) in [5.41, 5.74) is 0.344. The molecule has 0 amide bonds. The van der Waals surface area contributed by atoms with E-state index in [9.17, 15) is 18.4 Å². The van der Waals surface area contributed by atoms with E-state index in [4.69, 9.17) is 4.52 Å². The van der Waals surface area contributed by atoms with Gasteiger partial charge in [0.2, 0.25) is 11.7 Å². The Balaban J connectivity index is 1.46. The van der Waals surface area contributed by atoms with Crippen molar-refractivity contribution in [3.63, 3.8) is 0 Å². The van der Waals surface area contributed by atoms with Crippen molar-refractivity contribution in [2.24, 2.45) is 0 Å². The van der Waals surface area contributed by atoms with Crippen LogP contribution in [-0.2, 0) is 6.18 Å². The van der Waals surface area contributed by atoms with Crippen molar-refractivity contribution in [3.05, 3.63) is 59.6 Å². The van der Waals surface area contributed by atoms with E-state index in [0.29, 0.717) is 49.0 Å². The molecule has 4 rings (SSSR count). The zero-order valence-electron chi connectivity index (χ0n) is 15.2. The number of hydrogen-bond acceptors (Lipinski definition) is 6. The highest BCUT2D eigenvalue weighted by molar-refractivity contribution is 5.61. The number of rotatable bonds is 3. The molecule has 0 atom stereocenters. The molecule has 148 valence electrons. The minimum absolute atomic E-state index is 0.0218. The van der Waals surface area contributed by atoms with E-state index in [2.05, 4.69) is 15.1 Å². The van der Waals surface area contributed by atoms with Crippen LogP contribution in [0.3, 0.4) is 0 Å². The molecule has 29 heavy (non-hydrogen) atoms. The molecule has 0 N–H and O–H groups in total. The fourth-order valence-electron chi connectivity index (χ4n) is 3.45. The van der Waals surface area contributed by atoms with E-state index in [1.54, 1.807) is 18.3 Å². The smallest absolute Gasteiger partial charge is 0.370 e. The average Bonchev–Trinajstić information content (AvgIpc) is 3.24. The number of anilines is 1. The third-order valence-electron chi connectivity index (χ3n) is 4.96. The van der Waals surface area contributed by atoms with Crippen LogP contribution in [-0.4, -0.2) is 28.2 Å². The maximum atomic E-state index is 12.9. The largest absolute Gasteiger partial charge is 0.416 e. The molecule has 0 aliphatic carbocycles. The van der Waals surface area contributed by atoms with Gasteiger partial charge in [0.25, 0.3) is 0 Å². The van der Waals surface area contributed by atoms with Crippen molar-refractivity contribution < 1.29 is 17.7 Å². The predicted octanol–water partition coefficient (Wildman–Crippen LogP) is 4.41. The van der Waals surface area contributed by atoms with Gasteiger partial charge in [-0.3, -0.25) is 4.98 Å². The summed E-state index contributed by atoms with van der Waals surface area (Å²) in [6.07, 6.45) is -1.44. The second-order valence-corrected chi connectivity index (χ2v) is 6.77. The Morgan fingerprint density at radius 3 is 2.59 bits per heavy atom. The summed E-state index contributed by atoms with van der Waals surface area (Å²) in [5.74, 6) is 1.01. The Hall–Kier alpha value is -3.41. The Kier molecular flexibility index (Phi) is 4.92. The Morgan fingerprint density at radius 2 is 1.93 bits per heavy atom. The van der Waals surface area contributed by atoms with Gasteiger partial charge in [-0.15, -0.1) is 0 Å². The second-order valence-electron chi connectivity index (χ2n) is 6.77. The van der Waals surface area contributed by atoms with E-state index < -0.39 is 11.7 Å². The first-order valence-electron chi connectivity index (χ1n) is 9.07. The molecule has 2 aromatic heterocycles. The van der Waals surface area contributed by atoms with Crippen LogP contribution in [0.2, 0.25) is 0 Å². The second kappa shape index (κ2) is 7.54. The first-order chi connectivity index (χ1) is 14.0. The van der Waals surface area contributed by atoms with Crippen LogP contribution in [0.5, 0.6) is 0 Å². The third-order valence-corrected chi connectivity index (χ3v) is 4.96. The summed E-state index contributed by atoms with van der Waals surface area (Å²) in [4.78, 5) is 10.6. The summed E-state index contributed by atoms with van der Waals surface area (Å²) in [7, 11) is 0. The SMILES string of the molecule is N#Cc1cc(C(F)(F)F)ccc1N1CCC(c2nc(-c3ccccn3)no2)CC1. The summed E-state index contributed by atoms with van der Waals surface area (Å²) in [6.45, 7) is 1.15. The van der Waals surface area contributed by atoms with Crippen LogP contribution < -0.4 is 4.90 Å². The molecule has 3 aromatic rings. The van der Waals surface area contributed by atoms with Gasteiger partial charge in [0.1, 0.15) is 11.8 Å². The quantitative estimate of drug-likeness (QED) is 0.649.